The average molecular weight is 336 g/mol. The standard InChI is InChI=1S/C16H15Cl2N3O/c17-12-5-1-3-10(7-12)8-14(15(22)21-16(19)20)11-4-2-6-13(18)9-11/h1-7,9,14H,8H2,(H4,19,20,21,22)/t14-/m0/s1. The van der Waals surface area contributed by atoms with E-state index in [0.29, 0.717) is 16.5 Å². The molecule has 2 rings (SSSR count). The van der Waals surface area contributed by atoms with E-state index in [-0.39, 0.29) is 5.96 Å². The number of rotatable bonds is 4. The predicted octanol–water partition coefficient (Wildman–Crippen LogP) is 3.12. The second-order valence-corrected chi connectivity index (χ2v) is 5.69. The zero-order valence-electron chi connectivity index (χ0n) is 11.7. The Kier molecular flexibility index (Phi) is 5.41. The molecule has 0 aliphatic rings. The highest BCUT2D eigenvalue weighted by atomic mass is 35.5. The van der Waals surface area contributed by atoms with Crippen molar-refractivity contribution < 1.29 is 4.79 Å². The van der Waals surface area contributed by atoms with Gasteiger partial charge in [-0.2, -0.15) is 4.99 Å². The van der Waals surface area contributed by atoms with Crippen LogP contribution in [0.25, 0.3) is 0 Å². The SMILES string of the molecule is NC(N)=NC(=O)[C@@H](Cc1cccc(Cl)c1)c1cccc(Cl)c1. The molecule has 4 nitrogen and oxygen atoms in total. The first kappa shape index (κ1) is 16.3. The molecule has 6 heteroatoms. The van der Waals surface area contributed by atoms with Crippen LogP contribution in [0.5, 0.6) is 0 Å². The Hall–Kier alpha value is -2.04. The zero-order valence-corrected chi connectivity index (χ0v) is 13.2. The molecular formula is C16H15Cl2N3O. The van der Waals surface area contributed by atoms with Crippen LogP contribution in [0.4, 0.5) is 0 Å². The fourth-order valence-electron chi connectivity index (χ4n) is 2.18. The molecule has 4 N–H and O–H groups in total. The van der Waals surface area contributed by atoms with E-state index in [0.717, 1.165) is 11.1 Å². The lowest BCUT2D eigenvalue weighted by molar-refractivity contribution is -0.119. The molecule has 1 amide bonds. The monoisotopic (exact) mass is 335 g/mol. The highest BCUT2D eigenvalue weighted by molar-refractivity contribution is 6.31. The number of hydrogen-bond donors (Lipinski definition) is 2. The summed E-state index contributed by atoms with van der Waals surface area (Å²) in [5.74, 6) is -1.20. The molecular weight excluding hydrogens is 321 g/mol. The van der Waals surface area contributed by atoms with Crippen LogP contribution in [-0.2, 0) is 11.2 Å². The number of carbonyl (C=O) groups excluding carboxylic acids is 1. The van der Waals surface area contributed by atoms with Gasteiger partial charge < -0.3 is 11.5 Å². The minimum absolute atomic E-state index is 0.261. The normalized spacial score (nSPS) is 11.7. The first-order valence-electron chi connectivity index (χ1n) is 6.59. The number of guanidine groups is 1. The van der Waals surface area contributed by atoms with Crippen LogP contribution in [0.2, 0.25) is 10.0 Å². The van der Waals surface area contributed by atoms with E-state index < -0.39 is 11.8 Å². The lowest BCUT2D eigenvalue weighted by Crippen LogP contribution is -2.26. The molecule has 0 heterocycles. The van der Waals surface area contributed by atoms with E-state index in [4.69, 9.17) is 34.7 Å². The second-order valence-electron chi connectivity index (χ2n) is 4.82. The summed E-state index contributed by atoms with van der Waals surface area (Å²) in [6.07, 6.45) is 0.427. The zero-order chi connectivity index (χ0) is 16.1. The summed E-state index contributed by atoms with van der Waals surface area (Å²) in [6, 6.07) is 14.4. The third kappa shape index (κ3) is 4.48. The number of nitrogens with two attached hydrogens (primary N) is 2. The number of amides is 1. The maximum atomic E-state index is 12.3. The molecule has 0 saturated heterocycles. The van der Waals surface area contributed by atoms with Crippen molar-refractivity contribution in [1.82, 2.24) is 0 Å². The van der Waals surface area contributed by atoms with Gasteiger partial charge in [-0.05, 0) is 41.8 Å². The van der Waals surface area contributed by atoms with Crippen molar-refractivity contribution in [3.05, 3.63) is 69.7 Å². The molecule has 0 aliphatic carbocycles. The largest absolute Gasteiger partial charge is 0.370 e. The Labute approximate surface area is 138 Å². The predicted molar refractivity (Wildman–Crippen MR) is 90.2 cm³/mol. The first-order valence-corrected chi connectivity index (χ1v) is 7.34. The third-order valence-electron chi connectivity index (χ3n) is 3.12. The van der Waals surface area contributed by atoms with Crippen LogP contribution >= 0.6 is 23.2 Å². The van der Waals surface area contributed by atoms with Gasteiger partial charge in [0.1, 0.15) is 0 Å². The molecule has 0 spiro atoms. The summed E-state index contributed by atoms with van der Waals surface area (Å²) in [5, 5.41) is 1.16. The second kappa shape index (κ2) is 7.29. The summed E-state index contributed by atoms with van der Waals surface area (Å²) in [6.45, 7) is 0. The van der Waals surface area contributed by atoms with Crippen molar-refractivity contribution in [2.45, 2.75) is 12.3 Å². The van der Waals surface area contributed by atoms with E-state index in [9.17, 15) is 4.79 Å². The number of nitrogens with zero attached hydrogens (tertiary/aromatic N) is 1. The van der Waals surface area contributed by atoms with E-state index in [2.05, 4.69) is 4.99 Å². The van der Waals surface area contributed by atoms with Crippen molar-refractivity contribution in [2.24, 2.45) is 16.5 Å². The average Bonchev–Trinajstić information content (AvgIpc) is 2.44. The van der Waals surface area contributed by atoms with Crippen LogP contribution < -0.4 is 11.5 Å². The van der Waals surface area contributed by atoms with Gasteiger partial charge in [0.25, 0.3) is 5.91 Å². The minimum atomic E-state index is -0.528. The van der Waals surface area contributed by atoms with E-state index >= 15 is 0 Å². The molecule has 0 aliphatic heterocycles. The van der Waals surface area contributed by atoms with Gasteiger partial charge >= 0.3 is 0 Å². The maximum absolute atomic E-state index is 12.3. The Balaban J connectivity index is 2.37. The van der Waals surface area contributed by atoms with E-state index in [1.807, 2.05) is 24.3 Å². The lowest BCUT2D eigenvalue weighted by atomic mass is 9.91. The van der Waals surface area contributed by atoms with Gasteiger partial charge in [-0.3, -0.25) is 4.79 Å². The minimum Gasteiger partial charge on any atom is -0.370 e. The highest BCUT2D eigenvalue weighted by Gasteiger charge is 2.21. The molecule has 0 bridgehead atoms. The molecule has 0 saturated carbocycles. The van der Waals surface area contributed by atoms with Gasteiger partial charge in [0.15, 0.2) is 5.96 Å². The molecule has 114 valence electrons. The van der Waals surface area contributed by atoms with Gasteiger partial charge in [0.2, 0.25) is 0 Å². The molecule has 2 aromatic carbocycles. The Morgan fingerprint density at radius 2 is 1.68 bits per heavy atom. The van der Waals surface area contributed by atoms with Crippen LogP contribution in [0.15, 0.2) is 53.5 Å². The van der Waals surface area contributed by atoms with Gasteiger partial charge in [-0.25, -0.2) is 0 Å². The van der Waals surface area contributed by atoms with Gasteiger partial charge in [0, 0.05) is 10.0 Å². The topological polar surface area (TPSA) is 81.5 Å². The molecule has 22 heavy (non-hydrogen) atoms. The number of hydrogen-bond acceptors (Lipinski definition) is 1. The molecule has 0 fully saturated rings. The van der Waals surface area contributed by atoms with Crippen molar-refractivity contribution in [3.63, 3.8) is 0 Å². The maximum Gasteiger partial charge on any atom is 0.256 e. The number of halogens is 2. The summed E-state index contributed by atoms with van der Waals surface area (Å²) in [7, 11) is 0. The molecule has 0 radical (unpaired) electrons. The fraction of sp³-hybridized carbons (Fsp3) is 0.125. The first-order chi connectivity index (χ1) is 10.5. The van der Waals surface area contributed by atoms with Crippen molar-refractivity contribution in [1.29, 1.82) is 0 Å². The van der Waals surface area contributed by atoms with Gasteiger partial charge in [-0.15, -0.1) is 0 Å². The van der Waals surface area contributed by atoms with Crippen LogP contribution in [0.3, 0.4) is 0 Å². The summed E-state index contributed by atoms with van der Waals surface area (Å²) in [5.41, 5.74) is 12.3. The molecule has 2 aromatic rings. The van der Waals surface area contributed by atoms with Crippen molar-refractivity contribution in [2.75, 3.05) is 0 Å². The number of benzene rings is 2. The van der Waals surface area contributed by atoms with Crippen LogP contribution in [-0.4, -0.2) is 11.9 Å². The summed E-state index contributed by atoms with van der Waals surface area (Å²) >= 11 is 12.0. The van der Waals surface area contributed by atoms with E-state index in [1.54, 1.807) is 24.3 Å². The number of aliphatic imine (C=N–C) groups is 1. The van der Waals surface area contributed by atoms with E-state index in [1.165, 1.54) is 0 Å². The quantitative estimate of drug-likeness (QED) is 0.665. The number of carbonyl (C=O) groups is 1. The molecule has 0 unspecified atom stereocenters. The van der Waals surface area contributed by atoms with Crippen LogP contribution in [0, 0.1) is 0 Å². The van der Waals surface area contributed by atoms with Crippen molar-refractivity contribution in [3.8, 4) is 0 Å². The molecule has 1 atom stereocenters. The van der Waals surface area contributed by atoms with Crippen LogP contribution in [0.1, 0.15) is 17.0 Å². The fourth-order valence-corrected chi connectivity index (χ4v) is 2.59. The van der Waals surface area contributed by atoms with Crippen molar-refractivity contribution >= 4 is 35.1 Å². The lowest BCUT2D eigenvalue weighted by Gasteiger charge is -2.15. The summed E-state index contributed by atoms with van der Waals surface area (Å²) < 4.78 is 0. The molecule has 0 aromatic heterocycles. The van der Waals surface area contributed by atoms with Gasteiger partial charge in [-0.1, -0.05) is 47.5 Å². The highest BCUT2D eigenvalue weighted by Crippen LogP contribution is 2.26. The smallest absolute Gasteiger partial charge is 0.256 e. The Morgan fingerprint density at radius 3 is 2.27 bits per heavy atom. The van der Waals surface area contributed by atoms with Gasteiger partial charge in [0.05, 0.1) is 5.92 Å². The Bertz CT molecular complexity index is 712. The third-order valence-corrected chi connectivity index (χ3v) is 3.59. The summed E-state index contributed by atoms with van der Waals surface area (Å²) in [4.78, 5) is 16.0. The Morgan fingerprint density at radius 1 is 1.05 bits per heavy atom.